The average Bonchev–Trinajstić information content (AvgIpc) is 3.16. The summed E-state index contributed by atoms with van der Waals surface area (Å²) in [5.41, 5.74) is 3.27. The zero-order chi connectivity index (χ0) is 15.0. The summed E-state index contributed by atoms with van der Waals surface area (Å²) in [6.45, 7) is 6.77. The number of likely N-dealkylation sites (tertiary alicyclic amines) is 1. The summed E-state index contributed by atoms with van der Waals surface area (Å²) in [5.74, 6) is 0.176. The van der Waals surface area contributed by atoms with E-state index in [9.17, 15) is 4.79 Å². The number of aryl methyl sites for hydroxylation is 2. The van der Waals surface area contributed by atoms with Crippen LogP contribution in [0, 0.1) is 13.8 Å². The van der Waals surface area contributed by atoms with Crippen molar-refractivity contribution in [1.29, 1.82) is 0 Å². The van der Waals surface area contributed by atoms with Crippen molar-refractivity contribution in [3.8, 4) is 0 Å². The number of thiophene rings is 1. The van der Waals surface area contributed by atoms with Gasteiger partial charge in [0.2, 0.25) is 5.91 Å². The predicted octanol–water partition coefficient (Wildman–Crippen LogP) is 3.49. The standard InChI is InChI=1S/C16H21N3OS/c1-11-9-12(2)19(17-11)13(3)16(20)18-7-4-5-15(18)14-6-8-21-10-14/h6,8-10,13,15H,4-5,7H2,1-3H3/t13-,15+/m0/s1. The van der Waals surface area contributed by atoms with Gasteiger partial charge in [-0.2, -0.15) is 16.4 Å². The van der Waals surface area contributed by atoms with Gasteiger partial charge in [0.1, 0.15) is 6.04 Å². The maximum Gasteiger partial charge on any atom is 0.247 e. The molecule has 4 nitrogen and oxygen atoms in total. The Labute approximate surface area is 129 Å². The van der Waals surface area contributed by atoms with Crippen LogP contribution < -0.4 is 0 Å². The molecule has 1 aliphatic heterocycles. The minimum Gasteiger partial charge on any atom is -0.334 e. The van der Waals surface area contributed by atoms with Gasteiger partial charge >= 0.3 is 0 Å². The van der Waals surface area contributed by atoms with Crippen molar-refractivity contribution in [2.75, 3.05) is 6.54 Å². The van der Waals surface area contributed by atoms with E-state index in [1.807, 2.05) is 36.4 Å². The molecule has 3 rings (SSSR count). The topological polar surface area (TPSA) is 38.1 Å². The van der Waals surface area contributed by atoms with Crippen LogP contribution in [-0.4, -0.2) is 27.1 Å². The molecule has 0 radical (unpaired) electrons. The lowest BCUT2D eigenvalue weighted by Gasteiger charge is -2.27. The SMILES string of the molecule is Cc1cc(C)n([C@@H](C)C(=O)N2CCC[C@@H]2c2ccsc2)n1. The lowest BCUT2D eigenvalue weighted by atomic mass is 10.1. The summed E-state index contributed by atoms with van der Waals surface area (Å²) in [4.78, 5) is 14.9. The van der Waals surface area contributed by atoms with Crippen LogP contribution in [-0.2, 0) is 4.79 Å². The van der Waals surface area contributed by atoms with E-state index in [0.29, 0.717) is 0 Å². The fourth-order valence-electron chi connectivity index (χ4n) is 3.22. The zero-order valence-corrected chi connectivity index (χ0v) is 13.6. The van der Waals surface area contributed by atoms with E-state index >= 15 is 0 Å². The second kappa shape index (κ2) is 5.64. The van der Waals surface area contributed by atoms with Gasteiger partial charge in [-0.1, -0.05) is 0 Å². The molecule has 21 heavy (non-hydrogen) atoms. The number of hydrogen-bond donors (Lipinski definition) is 0. The largest absolute Gasteiger partial charge is 0.334 e. The molecular weight excluding hydrogens is 282 g/mol. The van der Waals surface area contributed by atoms with Crippen LogP contribution in [0.4, 0.5) is 0 Å². The minimum atomic E-state index is -0.238. The Balaban J connectivity index is 1.82. The van der Waals surface area contributed by atoms with E-state index in [-0.39, 0.29) is 18.0 Å². The molecule has 2 aromatic rings. The van der Waals surface area contributed by atoms with Crippen molar-refractivity contribution in [1.82, 2.24) is 14.7 Å². The van der Waals surface area contributed by atoms with Crippen molar-refractivity contribution in [2.45, 2.75) is 45.7 Å². The third kappa shape index (κ3) is 2.62. The summed E-state index contributed by atoms with van der Waals surface area (Å²) < 4.78 is 1.85. The van der Waals surface area contributed by atoms with Crippen LogP contribution in [0.3, 0.4) is 0 Å². The summed E-state index contributed by atoms with van der Waals surface area (Å²) in [6, 6.07) is 4.15. The van der Waals surface area contributed by atoms with Crippen molar-refractivity contribution in [2.24, 2.45) is 0 Å². The Morgan fingerprint density at radius 3 is 2.90 bits per heavy atom. The number of nitrogens with zero attached hydrogens (tertiary/aromatic N) is 3. The highest BCUT2D eigenvalue weighted by molar-refractivity contribution is 7.07. The second-order valence-electron chi connectivity index (χ2n) is 5.79. The molecule has 2 atom stereocenters. The van der Waals surface area contributed by atoms with Crippen molar-refractivity contribution >= 4 is 17.2 Å². The molecule has 1 fully saturated rings. The van der Waals surface area contributed by atoms with Crippen LogP contribution in [0.2, 0.25) is 0 Å². The van der Waals surface area contributed by atoms with E-state index in [0.717, 1.165) is 30.8 Å². The van der Waals surface area contributed by atoms with Crippen LogP contribution >= 0.6 is 11.3 Å². The third-order valence-corrected chi connectivity index (χ3v) is 4.93. The molecule has 1 amide bonds. The van der Waals surface area contributed by atoms with E-state index in [1.165, 1.54) is 5.56 Å². The zero-order valence-electron chi connectivity index (χ0n) is 12.7. The molecule has 3 heterocycles. The fraction of sp³-hybridized carbons (Fsp3) is 0.500. The Kier molecular flexibility index (Phi) is 3.85. The first kappa shape index (κ1) is 14.3. The number of carbonyl (C=O) groups excluding carboxylic acids is 1. The molecule has 0 saturated carbocycles. The number of rotatable bonds is 3. The highest BCUT2D eigenvalue weighted by Crippen LogP contribution is 2.34. The maximum absolute atomic E-state index is 12.9. The predicted molar refractivity (Wildman–Crippen MR) is 84.4 cm³/mol. The van der Waals surface area contributed by atoms with Gasteiger partial charge < -0.3 is 4.90 Å². The van der Waals surface area contributed by atoms with Gasteiger partial charge in [-0.3, -0.25) is 9.48 Å². The minimum absolute atomic E-state index is 0.176. The second-order valence-corrected chi connectivity index (χ2v) is 6.57. The van der Waals surface area contributed by atoms with E-state index in [1.54, 1.807) is 11.3 Å². The molecule has 0 bridgehead atoms. The summed E-state index contributed by atoms with van der Waals surface area (Å²) in [5, 5.41) is 8.70. The monoisotopic (exact) mass is 303 g/mol. The molecule has 2 aromatic heterocycles. The van der Waals surface area contributed by atoms with Crippen molar-refractivity contribution < 1.29 is 4.79 Å². The highest BCUT2D eigenvalue weighted by atomic mass is 32.1. The molecular formula is C16H21N3OS. The number of amides is 1. The first-order chi connectivity index (χ1) is 10.1. The van der Waals surface area contributed by atoms with Crippen LogP contribution in [0.1, 0.15) is 48.8 Å². The molecule has 5 heteroatoms. The fourth-order valence-corrected chi connectivity index (χ4v) is 3.93. The van der Waals surface area contributed by atoms with Crippen molar-refractivity contribution in [3.63, 3.8) is 0 Å². The molecule has 112 valence electrons. The Bertz CT molecular complexity index is 632. The van der Waals surface area contributed by atoms with Gasteiger partial charge in [-0.05, 0) is 62.1 Å². The molecule has 0 N–H and O–H groups in total. The van der Waals surface area contributed by atoms with Gasteiger partial charge in [-0.15, -0.1) is 0 Å². The highest BCUT2D eigenvalue weighted by Gasteiger charge is 2.33. The quantitative estimate of drug-likeness (QED) is 0.870. The van der Waals surface area contributed by atoms with Crippen LogP contribution in [0.25, 0.3) is 0 Å². The Hall–Kier alpha value is -1.62. The lowest BCUT2D eigenvalue weighted by Crippen LogP contribution is -2.36. The molecule has 1 saturated heterocycles. The molecule has 0 aromatic carbocycles. The van der Waals surface area contributed by atoms with Gasteiger partial charge in [0.15, 0.2) is 0 Å². The average molecular weight is 303 g/mol. The van der Waals surface area contributed by atoms with Gasteiger partial charge in [0.25, 0.3) is 0 Å². The molecule has 1 aliphatic rings. The number of aromatic nitrogens is 2. The van der Waals surface area contributed by atoms with Gasteiger partial charge in [-0.25, -0.2) is 0 Å². The Morgan fingerprint density at radius 2 is 2.29 bits per heavy atom. The maximum atomic E-state index is 12.9. The number of hydrogen-bond acceptors (Lipinski definition) is 3. The first-order valence-electron chi connectivity index (χ1n) is 7.43. The third-order valence-electron chi connectivity index (χ3n) is 4.23. The van der Waals surface area contributed by atoms with Gasteiger partial charge in [0, 0.05) is 12.2 Å². The Morgan fingerprint density at radius 1 is 1.48 bits per heavy atom. The normalized spacial score (nSPS) is 20.0. The molecule has 0 aliphatic carbocycles. The van der Waals surface area contributed by atoms with Crippen LogP contribution in [0.5, 0.6) is 0 Å². The van der Waals surface area contributed by atoms with E-state index < -0.39 is 0 Å². The smallest absolute Gasteiger partial charge is 0.247 e. The molecule has 0 spiro atoms. The van der Waals surface area contributed by atoms with E-state index in [4.69, 9.17) is 0 Å². The van der Waals surface area contributed by atoms with Crippen LogP contribution in [0.15, 0.2) is 22.9 Å². The van der Waals surface area contributed by atoms with E-state index in [2.05, 4.69) is 21.9 Å². The molecule has 0 unspecified atom stereocenters. The summed E-state index contributed by atoms with van der Waals surface area (Å²) >= 11 is 1.70. The number of carbonyl (C=O) groups is 1. The lowest BCUT2D eigenvalue weighted by molar-refractivity contribution is -0.135. The van der Waals surface area contributed by atoms with Crippen molar-refractivity contribution in [3.05, 3.63) is 39.8 Å². The summed E-state index contributed by atoms with van der Waals surface area (Å²) in [6.07, 6.45) is 2.14. The van der Waals surface area contributed by atoms with Gasteiger partial charge in [0.05, 0.1) is 11.7 Å². The first-order valence-corrected chi connectivity index (χ1v) is 8.37. The summed E-state index contributed by atoms with van der Waals surface area (Å²) in [7, 11) is 0.